The maximum Gasteiger partial charge on any atom is 0.316 e. The lowest BCUT2D eigenvalue weighted by molar-refractivity contribution is -0.136. The summed E-state index contributed by atoms with van der Waals surface area (Å²) in [4.78, 5) is 12.3. The molecule has 0 aromatic heterocycles. The average Bonchev–Trinajstić information content (AvgIpc) is 2.48. The van der Waals surface area contributed by atoms with E-state index in [1.165, 1.54) is 17.3 Å². The molecule has 0 aliphatic carbocycles. The monoisotopic (exact) mass is 286 g/mol. The fraction of sp³-hybridized carbons (Fsp3) is 0.235. The van der Waals surface area contributed by atoms with E-state index in [4.69, 9.17) is 0 Å². The first-order valence-corrected chi connectivity index (χ1v) is 7.62. The Bertz CT molecular complexity index is 525. The topological polar surface area (TPSA) is 37.3 Å². The van der Waals surface area contributed by atoms with Gasteiger partial charge in [0.25, 0.3) is 0 Å². The smallest absolute Gasteiger partial charge is 0.316 e. The molecule has 2 rings (SSSR count). The number of rotatable bonds is 7. The Hall–Kier alpha value is -1.74. The molecule has 0 aliphatic rings. The molecule has 0 saturated heterocycles. The summed E-state index contributed by atoms with van der Waals surface area (Å²) in [5, 5.41) is 8.94. The molecule has 2 nitrogen and oxygen atoms in total. The van der Waals surface area contributed by atoms with Gasteiger partial charge < -0.3 is 5.11 Å². The molecule has 20 heavy (non-hydrogen) atoms. The molecule has 1 unspecified atom stereocenters. The summed E-state index contributed by atoms with van der Waals surface area (Å²) in [6.45, 7) is 0. The summed E-state index contributed by atoms with van der Waals surface area (Å²) >= 11 is 1.43. The number of hydrogen-bond acceptors (Lipinski definition) is 2. The third-order valence-corrected chi connectivity index (χ3v) is 4.34. The summed E-state index contributed by atoms with van der Waals surface area (Å²) in [6.07, 6.45) is 2.50. The van der Waals surface area contributed by atoms with Gasteiger partial charge in [-0.2, -0.15) is 0 Å². The van der Waals surface area contributed by atoms with E-state index in [0.29, 0.717) is 6.42 Å². The summed E-state index contributed by atoms with van der Waals surface area (Å²) in [6, 6.07) is 19.9. The molecule has 2 aromatic rings. The van der Waals surface area contributed by atoms with E-state index in [1.807, 2.05) is 48.5 Å². The Labute approximate surface area is 123 Å². The third-order valence-electron chi connectivity index (χ3n) is 3.07. The van der Waals surface area contributed by atoms with Gasteiger partial charge in [-0.05, 0) is 37.0 Å². The highest BCUT2D eigenvalue weighted by molar-refractivity contribution is 8.00. The van der Waals surface area contributed by atoms with Crippen molar-refractivity contribution in [2.24, 2.45) is 0 Å². The standard InChI is InChI=1S/C17H18O2S/c18-17(19)16(20-15-11-5-2-6-12-15)13-7-10-14-8-3-1-4-9-14/h1-6,8-9,11-12,16H,7,10,13H2,(H,18,19). The van der Waals surface area contributed by atoms with E-state index in [2.05, 4.69) is 12.1 Å². The number of aliphatic carboxylic acids is 1. The minimum atomic E-state index is -0.730. The van der Waals surface area contributed by atoms with Crippen molar-refractivity contribution in [2.75, 3.05) is 0 Å². The van der Waals surface area contributed by atoms with Crippen molar-refractivity contribution in [1.29, 1.82) is 0 Å². The summed E-state index contributed by atoms with van der Waals surface area (Å²) in [5.41, 5.74) is 1.27. The molecule has 2 aromatic carbocycles. The second kappa shape index (κ2) is 7.75. The minimum Gasteiger partial charge on any atom is -0.480 e. The van der Waals surface area contributed by atoms with Crippen LogP contribution in [-0.2, 0) is 11.2 Å². The Balaban J connectivity index is 1.85. The van der Waals surface area contributed by atoms with Gasteiger partial charge in [0.05, 0.1) is 0 Å². The lowest BCUT2D eigenvalue weighted by atomic mass is 10.1. The number of carboxylic acid groups (broad SMARTS) is 1. The molecular formula is C17H18O2S. The molecule has 3 heteroatoms. The first-order valence-electron chi connectivity index (χ1n) is 6.74. The van der Waals surface area contributed by atoms with Crippen LogP contribution in [0.25, 0.3) is 0 Å². The minimum absolute atomic E-state index is 0.374. The van der Waals surface area contributed by atoms with Crippen molar-refractivity contribution in [3.63, 3.8) is 0 Å². The lowest BCUT2D eigenvalue weighted by Gasteiger charge is -2.11. The maximum atomic E-state index is 11.3. The predicted molar refractivity (Wildman–Crippen MR) is 83.1 cm³/mol. The van der Waals surface area contributed by atoms with Crippen LogP contribution in [0.3, 0.4) is 0 Å². The average molecular weight is 286 g/mol. The van der Waals surface area contributed by atoms with E-state index in [0.717, 1.165) is 17.7 Å². The fourth-order valence-corrected chi connectivity index (χ4v) is 3.06. The van der Waals surface area contributed by atoms with Gasteiger partial charge in [-0.3, -0.25) is 4.79 Å². The summed E-state index contributed by atoms with van der Waals surface area (Å²) < 4.78 is 0. The van der Waals surface area contributed by atoms with Gasteiger partial charge >= 0.3 is 5.97 Å². The first-order chi connectivity index (χ1) is 9.75. The Morgan fingerprint density at radius 1 is 1.00 bits per heavy atom. The van der Waals surface area contributed by atoms with Gasteiger partial charge in [0, 0.05) is 4.90 Å². The van der Waals surface area contributed by atoms with Crippen LogP contribution >= 0.6 is 11.8 Å². The first kappa shape index (κ1) is 14.7. The van der Waals surface area contributed by atoms with Gasteiger partial charge in [-0.1, -0.05) is 48.5 Å². The van der Waals surface area contributed by atoms with Crippen LogP contribution in [0.5, 0.6) is 0 Å². The molecule has 1 N–H and O–H groups in total. The van der Waals surface area contributed by atoms with Crippen LogP contribution < -0.4 is 0 Å². The van der Waals surface area contributed by atoms with Crippen LogP contribution in [0.2, 0.25) is 0 Å². The zero-order valence-corrected chi connectivity index (χ0v) is 12.1. The molecular weight excluding hydrogens is 268 g/mol. The number of benzene rings is 2. The van der Waals surface area contributed by atoms with Crippen LogP contribution in [0.4, 0.5) is 0 Å². The van der Waals surface area contributed by atoms with E-state index >= 15 is 0 Å². The molecule has 0 saturated carbocycles. The van der Waals surface area contributed by atoms with E-state index in [1.54, 1.807) is 0 Å². The molecule has 0 spiro atoms. The van der Waals surface area contributed by atoms with Crippen LogP contribution in [0, 0.1) is 0 Å². The number of carboxylic acids is 1. The number of carbonyl (C=O) groups is 1. The highest BCUT2D eigenvalue weighted by Crippen LogP contribution is 2.26. The molecule has 0 amide bonds. The quantitative estimate of drug-likeness (QED) is 0.773. The highest BCUT2D eigenvalue weighted by atomic mass is 32.2. The predicted octanol–water partition coefficient (Wildman–Crippen LogP) is 4.25. The summed E-state index contributed by atoms with van der Waals surface area (Å²) in [7, 11) is 0. The van der Waals surface area contributed by atoms with Gasteiger partial charge in [0.2, 0.25) is 0 Å². The van der Waals surface area contributed by atoms with Crippen LogP contribution in [-0.4, -0.2) is 16.3 Å². The Morgan fingerprint density at radius 3 is 2.20 bits per heavy atom. The second-order valence-corrected chi connectivity index (χ2v) is 5.91. The van der Waals surface area contributed by atoms with Crippen molar-refractivity contribution < 1.29 is 9.90 Å². The van der Waals surface area contributed by atoms with Crippen LogP contribution in [0.1, 0.15) is 18.4 Å². The van der Waals surface area contributed by atoms with Gasteiger partial charge in [-0.25, -0.2) is 0 Å². The molecule has 0 heterocycles. The fourth-order valence-electron chi connectivity index (χ4n) is 2.03. The van der Waals surface area contributed by atoms with E-state index < -0.39 is 5.97 Å². The SMILES string of the molecule is O=C(O)C(CCCc1ccccc1)Sc1ccccc1. The largest absolute Gasteiger partial charge is 0.480 e. The zero-order chi connectivity index (χ0) is 14.2. The summed E-state index contributed by atoms with van der Waals surface area (Å²) in [5.74, 6) is -0.730. The number of aryl methyl sites for hydroxylation is 1. The molecule has 1 atom stereocenters. The maximum absolute atomic E-state index is 11.3. The number of thioether (sulfide) groups is 1. The molecule has 0 fully saturated rings. The zero-order valence-electron chi connectivity index (χ0n) is 11.2. The van der Waals surface area contributed by atoms with Gasteiger partial charge in [0.15, 0.2) is 0 Å². The van der Waals surface area contributed by atoms with Crippen LogP contribution in [0.15, 0.2) is 65.6 Å². The van der Waals surface area contributed by atoms with Crippen molar-refractivity contribution in [2.45, 2.75) is 29.4 Å². The van der Waals surface area contributed by atoms with E-state index in [-0.39, 0.29) is 5.25 Å². The van der Waals surface area contributed by atoms with Gasteiger partial charge in [0.1, 0.15) is 5.25 Å². The van der Waals surface area contributed by atoms with Crippen molar-refractivity contribution in [1.82, 2.24) is 0 Å². The van der Waals surface area contributed by atoms with Crippen molar-refractivity contribution >= 4 is 17.7 Å². The Morgan fingerprint density at radius 2 is 1.60 bits per heavy atom. The molecule has 0 radical (unpaired) electrons. The lowest BCUT2D eigenvalue weighted by Crippen LogP contribution is -2.16. The third kappa shape index (κ3) is 4.74. The Kier molecular flexibility index (Phi) is 5.69. The number of hydrogen-bond donors (Lipinski definition) is 1. The van der Waals surface area contributed by atoms with Crippen molar-refractivity contribution in [3.8, 4) is 0 Å². The van der Waals surface area contributed by atoms with Crippen molar-refractivity contribution in [3.05, 3.63) is 66.2 Å². The molecule has 0 aliphatic heterocycles. The molecule has 104 valence electrons. The van der Waals surface area contributed by atoms with Gasteiger partial charge in [-0.15, -0.1) is 11.8 Å². The molecule has 0 bridgehead atoms. The normalized spacial score (nSPS) is 12.0. The second-order valence-electron chi connectivity index (χ2n) is 4.64. The highest BCUT2D eigenvalue weighted by Gasteiger charge is 2.18. The van der Waals surface area contributed by atoms with E-state index in [9.17, 15) is 9.90 Å².